The Balaban J connectivity index is 1.67. The van der Waals surface area contributed by atoms with Gasteiger partial charge in [-0.25, -0.2) is 13.6 Å². The van der Waals surface area contributed by atoms with Gasteiger partial charge < -0.3 is 14.6 Å². The van der Waals surface area contributed by atoms with Crippen LogP contribution in [-0.4, -0.2) is 23.1 Å². The van der Waals surface area contributed by atoms with Crippen LogP contribution in [0.25, 0.3) is 10.9 Å². The smallest absolute Gasteiger partial charge is 0.340 e. The van der Waals surface area contributed by atoms with Gasteiger partial charge in [-0.05, 0) is 25.1 Å². The normalized spacial score (nSPS) is 10.7. The number of anilines is 1. The molecule has 0 aliphatic carbocycles. The standard InChI is InChI=1S/C19H16F2N2O3/c1-2-23-10-14(13-5-3-4-6-17(13)23)19(25)26-11-18(24)22-12-7-8-15(20)16(21)9-12/h3-10H,2,11H2,1H3,(H,22,24). The number of benzene rings is 2. The van der Waals surface area contributed by atoms with E-state index in [2.05, 4.69) is 5.32 Å². The van der Waals surface area contributed by atoms with E-state index in [1.165, 1.54) is 6.07 Å². The molecule has 134 valence electrons. The SMILES string of the molecule is CCn1cc(C(=O)OCC(=O)Nc2ccc(F)c(F)c2)c2ccccc21. The second-order valence-corrected chi connectivity index (χ2v) is 5.60. The summed E-state index contributed by atoms with van der Waals surface area (Å²) in [5.41, 5.74) is 1.34. The number of rotatable bonds is 5. The maximum Gasteiger partial charge on any atom is 0.340 e. The molecule has 0 fully saturated rings. The summed E-state index contributed by atoms with van der Waals surface area (Å²) in [4.78, 5) is 24.2. The Kier molecular flexibility index (Phi) is 4.97. The van der Waals surface area contributed by atoms with E-state index in [-0.39, 0.29) is 5.69 Å². The highest BCUT2D eigenvalue weighted by Crippen LogP contribution is 2.22. The van der Waals surface area contributed by atoms with Gasteiger partial charge in [0.05, 0.1) is 5.56 Å². The van der Waals surface area contributed by atoms with Gasteiger partial charge in [0.15, 0.2) is 18.2 Å². The minimum Gasteiger partial charge on any atom is -0.452 e. The van der Waals surface area contributed by atoms with Gasteiger partial charge in [0.1, 0.15) is 0 Å². The Bertz CT molecular complexity index is 982. The molecule has 0 atom stereocenters. The Labute approximate surface area is 148 Å². The lowest BCUT2D eigenvalue weighted by molar-refractivity contribution is -0.119. The number of esters is 1. The maximum absolute atomic E-state index is 13.1. The first-order valence-electron chi connectivity index (χ1n) is 7.99. The Morgan fingerprint density at radius 3 is 2.62 bits per heavy atom. The number of halogens is 2. The molecule has 7 heteroatoms. The zero-order valence-electron chi connectivity index (χ0n) is 14.0. The van der Waals surface area contributed by atoms with Crippen molar-refractivity contribution in [2.75, 3.05) is 11.9 Å². The van der Waals surface area contributed by atoms with Gasteiger partial charge in [-0.1, -0.05) is 18.2 Å². The van der Waals surface area contributed by atoms with E-state index in [0.717, 1.165) is 23.0 Å². The number of aryl methyl sites for hydroxylation is 1. The monoisotopic (exact) mass is 358 g/mol. The van der Waals surface area contributed by atoms with E-state index >= 15 is 0 Å². The molecule has 3 rings (SSSR count). The van der Waals surface area contributed by atoms with Crippen LogP contribution in [0.1, 0.15) is 17.3 Å². The van der Waals surface area contributed by atoms with E-state index in [1.54, 1.807) is 12.3 Å². The molecule has 1 aromatic heterocycles. The molecule has 1 heterocycles. The van der Waals surface area contributed by atoms with Crippen LogP contribution >= 0.6 is 0 Å². The molecule has 1 amide bonds. The Morgan fingerprint density at radius 1 is 1.12 bits per heavy atom. The summed E-state index contributed by atoms with van der Waals surface area (Å²) in [5, 5.41) is 3.08. The predicted octanol–water partition coefficient (Wildman–Crippen LogP) is 3.73. The fourth-order valence-electron chi connectivity index (χ4n) is 2.65. The molecule has 0 aliphatic heterocycles. The van der Waals surface area contributed by atoms with E-state index in [1.807, 2.05) is 29.7 Å². The van der Waals surface area contributed by atoms with Crippen LogP contribution in [0, 0.1) is 11.6 Å². The minimum absolute atomic E-state index is 0.0764. The van der Waals surface area contributed by atoms with Gasteiger partial charge in [0.2, 0.25) is 0 Å². The van der Waals surface area contributed by atoms with Gasteiger partial charge in [-0.2, -0.15) is 0 Å². The highest BCUT2D eigenvalue weighted by Gasteiger charge is 2.17. The lowest BCUT2D eigenvalue weighted by atomic mass is 10.2. The van der Waals surface area contributed by atoms with Gasteiger partial charge in [-0.3, -0.25) is 4.79 Å². The van der Waals surface area contributed by atoms with Crippen molar-refractivity contribution in [1.29, 1.82) is 0 Å². The van der Waals surface area contributed by atoms with Crippen LogP contribution < -0.4 is 5.32 Å². The zero-order chi connectivity index (χ0) is 18.7. The van der Waals surface area contributed by atoms with Crippen molar-refractivity contribution < 1.29 is 23.1 Å². The van der Waals surface area contributed by atoms with Gasteiger partial charge in [0, 0.05) is 35.4 Å². The molecule has 0 aliphatic rings. The average molecular weight is 358 g/mol. The van der Waals surface area contributed by atoms with Crippen molar-refractivity contribution in [2.24, 2.45) is 0 Å². The molecule has 0 saturated carbocycles. The quantitative estimate of drug-likeness (QED) is 0.707. The van der Waals surface area contributed by atoms with Crippen LogP contribution in [0.15, 0.2) is 48.7 Å². The maximum atomic E-state index is 13.1. The number of hydrogen-bond acceptors (Lipinski definition) is 3. The molecule has 1 N–H and O–H groups in total. The molecule has 2 aromatic carbocycles. The molecular formula is C19H16F2N2O3. The van der Waals surface area contributed by atoms with Crippen LogP contribution in [0.5, 0.6) is 0 Å². The van der Waals surface area contributed by atoms with Crippen molar-refractivity contribution in [3.05, 3.63) is 65.9 Å². The van der Waals surface area contributed by atoms with Gasteiger partial charge in [-0.15, -0.1) is 0 Å². The first-order valence-corrected chi connectivity index (χ1v) is 7.99. The van der Waals surface area contributed by atoms with Crippen LogP contribution in [0.3, 0.4) is 0 Å². The Hall–Kier alpha value is -3.22. The van der Waals surface area contributed by atoms with E-state index in [0.29, 0.717) is 12.1 Å². The summed E-state index contributed by atoms with van der Waals surface area (Å²) in [6.07, 6.45) is 1.68. The molecule has 3 aromatic rings. The lowest BCUT2D eigenvalue weighted by Crippen LogP contribution is -2.21. The number of ether oxygens (including phenoxy) is 1. The predicted molar refractivity (Wildman–Crippen MR) is 92.9 cm³/mol. The Morgan fingerprint density at radius 2 is 1.88 bits per heavy atom. The highest BCUT2D eigenvalue weighted by molar-refractivity contribution is 6.05. The first-order chi connectivity index (χ1) is 12.5. The third kappa shape index (κ3) is 3.56. The number of para-hydroxylation sites is 1. The largest absolute Gasteiger partial charge is 0.452 e. The molecule has 0 spiro atoms. The van der Waals surface area contributed by atoms with E-state index in [9.17, 15) is 18.4 Å². The van der Waals surface area contributed by atoms with Crippen LogP contribution in [0.2, 0.25) is 0 Å². The van der Waals surface area contributed by atoms with Gasteiger partial charge >= 0.3 is 5.97 Å². The summed E-state index contributed by atoms with van der Waals surface area (Å²) in [6.45, 7) is 2.10. The number of fused-ring (bicyclic) bond motifs is 1. The summed E-state index contributed by atoms with van der Waals surface area (Å²) in [6, 6.07) is 10.4. The topological polar surface area (TPSA) is 60.3 Å². The molecule has 0 unspecified atom stereocenters. The average Bonchev–Trinajstić information content (AvgIpc) is 3.02. The van der Waals surface area contributed by atoms with E-state index < -0.39 is 30.1 Å². The van der Waals surface area contributed by atoms with Crippen molar-refractivity contribution in [3.8, 4) is 0 Å². The van der Waals surface area contributed by atoms with E-state index in [4.69, 9.17) is 4.74 Å². The highest BCUT2D eigenvalue weighted by atomic mass is 19.2. The third-order valence-corrected chi connectivity index (χ3v) is 3.89. The van der Waals surface area contributed by atoms with Crippen molar-refractivity contribution >= 4 is 28.5 Å². The number of carbonyl (C=O) groups is 2. The zero-order valence-corrected chi connectivity index (χ0v) is 14.0. The molecule has 26 heavy (non-hydrogen) atoms. The third-order valence-electron chi connectivity index (χ3n) is 3.89. The number of hydrogen-bond donors (Lipinski definition) is 1. The summed E-state index contributed by atoms with van der Waals surface area (Å²) < 4.78 is 33.0. The summed E-state index contributed by atoms with van der Waals surface area (Å²) in [5.74, 6) is -3.37. The molecule has 0 radical (unpaired) electrons. The molecule has 0 saturated heterocycles. The fourth-order valence-corrected chi connectivity index (χ4v) is 2.65. The van der Waals surface area contributed by atoms with Gasteiger partial charge in [0.25, 0.3) is 5.91 Å². The lowest BCUT2D eigenvalue weighted by Gasteiger charge is -2.06. The number of amides is 1. The van der Waals surface area contributed by atoms with Crippen molar-refractivity contribution in [3.63, 3.8) is 0 Å². The molecule has 5 nitrogen and oxygen atoms in total. The van der Waals surface area contributed by atoms with Crippen LogP contribution in [0.4, 0.5) is 14.5 Å². The number of nitrogens with zero attached hydrogens (tertiary/aromatic N) is 1. The molecule has 0 bridgehead atoms. The van der Waals surface area contributed by atoms with Crippen LogP contribution in [-0.2, 0) is 16.1 Å². The molecular weight excluding hydrogens is 342 g/mol. The van der Waals surface area contributed by atoms with Crippen molar-refractivity contribution in [2.45, 2.75) is 13.5 Å². The second kappa shape index (κ2) is 7.35. The fraction of sp³-hybridized carbons (Fsp3) is 0.158. The van der Waals surface area contributed by atoms with Crippen molar-refractivity contribution in [1.82, 2.24) is 4.57 Å². The summed E-state index contributed by atoms with van der Waals surface area (Å²) >= 11 is 0. The number of carbonyl (C=O) groups excluding carboxylic acids is 2. The number of nitrogens with one attached hydrogen (secondary N) is 1. The number of aromatic nitrogens is 1. The summed E-state index contributed by atoms with van der Waals surface area (Å²) in [7, 11) is 0. The second-order valence-electron chi connectivity index (χ2n) is 5.60. The first kappa shape index (κ1) is 17.6. The minimum atomic E-state index is -1.08.